The highest BCUT2D eigenvalue weighted by atomic mass is 28.3. The van der Waals surface area contributed by atoms with Crippen molar-refractivity contribution in [1.29, 1.82) is 0 Å². The normalized spacial score (nSPS) is 15.6. The molecule has 8 heavy (non-hydrogen) atoms. The maximum absolute atomic E-state index is 9.04. The number of aliphatic imine (C=N–C) groups is 1. The maximum Gasteiger partial charge on any atom is 0.0747 e. The second kappa shape index (κ2) is 3.80. The molecule has 0 aromatic heterocycles. The van der Waals surface area contributed by atoms with Crippen molar-refractivity contribution < 1.29 is 5.11 Å². The summed E-state index contributed by atoms with van der Waals surface area (Å²) in [4.78, 5) is 3.72. The molecular formula is C5H13NOSi. The SMILES string of the molecule is CN=CC(O)[SiH](C)C. The zero-order chi connectivity index (χ0) is 6.57. The van der Waals surface area contributed by atoms with Gasteiger partial charge in [0.25, 0.3) is 0 Å². The smallest absolute Gasteiger partial charge is 0.0747 e. The molecule has 0 bridgehead atoms. The molecule has 0 aliphatic carbocycles. The summed E-state index contributed by atoms with van der Waals surface area (Å²) in [6.45, 7) is 4.18. The van der Waals surface area contributed by atoms with Crippen LogP contribution in [0.25, 0.3) is 0 Å². The Kier molecular flexibility index (Phi) is 3.73. The zero-order valence-corrected chi connectivity index (χ0v) is 6.78. The Morgan fingerprint density at radius 1 is 1.62 bits per heavy atom. The molecule has 0 aromatic rings. The number of aliphatic hydroxyl groups is 1. The lowest BCUT2D eigenvalue weighted by atomic mass is 10.8. The Morgan fingerprint density at radius 2 is 2.12 bits per heavy atom. The second-order valence-corrected chi connectivity index (χ2v) is 5.31. The molecule has 0 aromatic carbocycles. The van der Waals surface area contributed by atoms with E-state index in [4.69, 9.17) is 5.11 Å². The lowest BCUT2D eigenvalue weighted by Crippen LogP contribution is -2.25. The molecule has 0 aliphatic rings. The van der Waals surface area contributed by atoms with Gasteiger partial charge in [0.1, 0.15) is 0 Å². The monoisotopic (exact) mass is 131 g/mol. The molecule has 0 rings (SSSR count). The minimum absolute atomic E-state index is 0.236. The molecule has 1 atom stereocenters. The third-order valence-corrected chi connectivity index (χ3v) is 2.52. The predicted octanol–water partition coefficient (Wildman–Crippen LogP) is 0.0738. The summed E-state index contributed by atoms with van der Waals surface area (Å²) in [7, 11) is 0.805. The fourth-order valence-electron chi connectivity index (χ4n) is 0.325. The summed E-state index contributed by atoms with van der Waals surface area (Å²) in [5, 5.41) is 9.04. The highest BCUT2D eigenvalue weighted by Crippen LogP contribution is 1.85. The van der Waals surface area contributed by atoms with Crippen LogP contribution in [0.2, 0.25) is 13.1 Å². The summed E-state index contributed by atoms with van der Waals surface area (Å²) >= 11 is 0. The molecule has 0 heterocycles. The minimum Gasteiger partial charge on any atom is -0.391 e. The molecule has 48 valence electrons. The summed E-state index contributed by atoms with van der Waals surface area (Å²) in [6, 6.07) is 0. The number of aliphatic hydroxyl groups excluding tert-OH is 1. The van der Waals surface area contributed by atoms with Gasteiger partial charge >= 0.3 is 0 Å². The van der Waals surface area contributed by atoms with Crippen molar-refractivity contribution in [2.45, 2.75) is 18.8 Å². The standard InChI is InChI=1S/C5H13NOSi/c1-6-4-5(7)8(2)3/h4-5,7-8H,1-3H3. The average Bonchev–Trinajstić information content (AvgIpc) is 1.67. The summed E-state index contributed by atoms with van der Waals surface area (Å²) in [6.07, 6.45) is 1.61. The number of hydrogen-bond donors (Lipinski definition) is 1. The second-order valence-electron chi connectivity index (χ2n) is 2.14. The first-order valence-electron chi connectivity index (χ1n) is 2.78. The van der Waals surface area contributed by atoms with Crippen LogP contribution >= 0.6 is 0 Å². The summed E-state index contributed by atoms with van der Waals surface area (Å²) in [5.41, 5.74) is -0.236. The van der Waals surface area contributed by atoms with Gasteiger partial charge in [0.05, 0.1) is 14.5 Å². The van der Waals surface area contributed by atoms with Gasteiger partial charge in [0, 0.05) is 13.3 Å². The van der Waals surface area contributed by atoms with Gasteiger partial charge in [-0.15, -0.1) is 0 Å². The van der Waals surface area contributed by atoms with Crippen LogP contribution in [0.3, 0.4) is 0 Å². The van der Waals surface area contributed by atoms with E-state index in [9.17, 15) is 0 Å². The van der Waals surface area contributed by atoms with E-state index in [1.54, 1.807) is 13.3 Å². The van der Waals surface area contributed by atoms with E-state index in [2.05, 4.69) is 18.1 Å². The molecular weight excluding hydrogens is 118 g/mol. The van der Waals surface area contributed by atoms with Gasteiger partial charge in [-0.2, -0.15) is 0 Å². The van der Waals surface area contributed by atoms with Crippen molar-refractivity contribution in [3.05, 3.63) is 0 Å². The molecule has 0 radical (unpaired) electrons. The molecule has 3 heteroatoms. The van der Waals surface area contributed by atoms with Crippen LogP contribution in [0.15, 0.2) is 4.99 Å². The van der Waals surface area contributed by atoms with Gasteiger partial charge in [-0.25, -0.2) is 0 Å². The van der Waals surface area contributed by atoms with Crippen LogP contribution in [-0.4, -0.2) is 32.9 Å². The number of hydrogen-bond acceptors (Lipinski definition) is 2. The minimum atomic E-state index is -0.876. The fourth-order valence-corrected chi connectivity index (χ4v) is 0.841. The van der Waals surface area contributed by atoms with Gasteiger partial charge < -0.3 is 5.11 Å². The molecule has 0 saturated carbocycles. The van der Waals surface area contributed by atoms with Crippen LogP contribution < -0.4 is 0 Å². The predicted molar refractivity (Wildman–Crippen MR) is 39.3 cm³/mol. The van der Waals surface area contributed by atoms with E-state index in [1.165, 1.54) is 0 Å². The molecule has 0 aliphatic heterocycles. The van der Waals surface area contributed by atoms with Crippen LogP contribution in [-0.2, 0) is 0 Å². The first-order valence-corrected chi connectivity index (χ1v) is 5.76. The first kappa shape index (κ1) is 7.85. The van der Waals surface area contributed by atoms with Gasteiger partial charge in [-0.05, 0) is 0 Å². The van der Waals surface area contributed by atoms with Crippen LogP contribution in [0.5, 0.6) is 0 Å². The summed E-state index contributed by atoms with van der Waals surface area (Å²) < 4.78 is 0. The highest BCUT2D eigenvalue weighted by Gasteiger charge is 2.04. The van der Waals surface area contributed by atoms with E-state index in [1.807, 2.05) is 0 Å². The molecule has 0 spiro atoms. The number of nitrogens with zero attached hydrogens (tertiary/aromatic N) is 1. The quantitative estimate of drug-likeness (QED) is 0.417. The largest absolute Gasteiger partial charge is 0.391 e. The van der Waals surface area contributed by atoms with Crippen molar-refractivity contribution in [1.82, 2.24) is 0 Å². The Hall–Kier alpha value is -0.153. The molecule has 1 N–H and O–H groups in total. The lowest BCUT2D eigenvalue weighted by molar-refractivity contribution is 0.316. The first-order chi connectivity index (χ1) is 3.68. The van der Waals surface area contributed by atoms with Crippen molar-refractivity contribution >= 4 is 15.0 Å². The summed E-state index contributed by atoms with van der Waals surface area (Å²) in [5.74, 6) is 0. The zero-order valence-electron chi connectivity index (χ0n) is 5.63. The maximum atomic E-state index is 9.04. The molecule has 2 nitrogen and oxygen atoms in total. The topological polar surface area (TPSA) is 32.6 Å². The van der Waals surface area contributed by atoms with Crippen molar-refractivity contribution in [3.8, 4) is 0 Å². The van der Waals surface area contributed by atoms with Gasteiger partial charge in [-0.1, -0.05) is 13.1 Å². The Labute approximate surface area is 51.9 Å². The van der Waals surface area contributed by atoms with Crippen LogP contribution in [0.4, 0.5) is 0 Å². The Morgan fingerprint density at radius 3 is 2.25 bits per heavy atom. The fraction of sp³-hybridized carbons (Fsp3) is 0.800. The van der Waals surface area contributed by atoms with Crippen molar-refractivity contribution in [3.63, 3.8) is 0 Å². The van der Waals surface area contributed by atoms with Gasteiger partial charge in [0.15, 0.2) is 0 Å². The molecule has 0 saturated heterocycles. The van der Waals surface area contributed by atoms with E-state index in [0.29, 0.717) is 0 Å². The van der Waals surface area contributed by atoms with E-state index in [-0.39, 0.29) is 5.73 Å². The number of rotatable bonds is 2. The van der Waals surface area contributed by atoms with E-state index < -0.39 is 8.80 Å². The van der Waals surface area contributed by atoms with Crippen molar-refractivity contribution in [2.24, 2.45) is 4.99 Å². The average molecular weight is 131 g/mol. The molecule has 1 unspecified atom stereocenters. The highest BCUT2D eigenvalue weighted by molar-refractivity contribution is 6.60. The van der Waals surface area contributed by atoms with E-state index in [0.717, 1.165) is 0 Å². The van der Waals surface area contributed by atoms with Crippen LogP contribution in [0.1, 0.15) is 0 Å². The lowest BCUT2D eigenvalue weighted by Gasteiger charge is -2.04. The third-order valence-electron chi connectivity index (χ3n) is 0.985. The third kappa shape index (κ3) is 2.93. The Balaban J connectivity index is 3.47. The van der Waals surface area contributed by atoms with Gasteiger partial charge in [0.2, 0.25) is 0 Å². The van der Waals surface area contributed by atoms with Crippen LogP contribution in [0, 0.1) is 0 Å². The van der Waals surface area contributed by atoms with E-state index >= 15 is 0 Å². The molecule has 0 amide bonds. The van der Waals surface area contributed by atoms with Crippen molar-refractivity contribution in [2.75, 3.05) is 7.05 Å². The van der Waals surface area contributed by atoms with Gasteiger partial charge in [-0.3, -0.25) is 4.99 Å². The Bertz CT molecular complexity index is 82.5. The molecule has 0 fully saturated rings.